The molecule has 1 aliphatic rings. The minimum atomic E-state index is -0.390. The molecule has 1 aromatic heterocycles. The lowest BCUT2D eigenvalue weighted by Crippen LogP contribution is -2.10. The molecule has 0 amide bonds. The van der Waals surface area contributed by atoms with Crippen LogP contribution in [0.2, 0.25) is 0 Å². The number of anilines is 1. The van der Waals surface area contributed by atoms with Crippen LogP contribution in [0.15, 0.2) is 36.4 Å². The molecule has 0 aliphatic carbocycles. The van der Waals surface area contributed by atoms with Gasteiger partial charge in [0.15, 0.2) is 0 Å². The number of benzene rings is 2. The van der Waals surface area contributed by atoms with Crippen LogP contribution in [0.4, 0.5) is 15.9 Å². The van der Waals surface area contributed by atoms with Gasteiger partial charge in [-0.15, -0.1) is 0 Å². The van der Waals surface area contributed by atoms with E-state index in [9.17, 15) is 14.5 Å². The molecule has 8 heteroatoms. The zero-order valence-corrected chi connectivity index (χ0v) is 18.4. The van der Waals surface area contributed by atoms with Gasteiger partial charge in [-0.3, -0.25) is 10.1 Å². The van der Waals surface area contributed by atoms with Crippen molar-refractivity contribution < 1.29 is 9.31 Å². The summed E-state index contributed by atoms with van der Waals surface area (Å²) in [5, 5.41) is 15.3. The maximum Gasteiger partial charge on any atom is 0.270 e. The molecule has 0 spiro atoms. The van der Waals surface area contributed by atoms with Gasteiger partial charge in [-0.2, -0.15) is 11.8 Å². The fourth-order valence-electron chi connectivity index (χ4n) is 3.83. The first-order valence-corrected chi connectivity index (χ1v) is 11.2. The summed E-state index contributed by atoms with van der Waals surface area (Å²) in [5.74, 6) is 2.69. The van der Waals surface area contributed by atoms with Crippen molar-refractivity contribution in [2.45, 2.75) is 33.2 Å². The number of halogens is 1. The van der Waals surface area contributed by atoms with Crippen LogP contribution in [-0.2, 0) is 0 Å². The van der Waals surface area contributed by atoms with Gasteiger partial charge in [0.25, 0.3) is 5.69 Å². The van der Waals surface area contributed by atoms with Gasteiger partial charge in [0.2, 0.25) is 0 Å². The molecule has 6 nitrogen and oxygen atoms in total. The zero-order valence-electron chi connectivity index (χ0n) is 17.6. The van der Waals surface area contributed by atoms with E-state index in [1.54, 1.807) is 19.1 Å². The number of aryl methyl sites for hydroxylation is 2. The van der Waals surface area contributed by atoms with Crippen LogP contribution in [0.25, 0.3) is 16.5 Å². The fourth-order valence-corrected chi connectivity index (χ4v) is 4.68. The van der Waals surface area contributed by atoms with Crippen LogP contribution in [0.1, 0.15) is 41.9 Å². The van der Waals surface area contributed by atoms with Crippen molar-refractivity contribution >= 4 is 39.7 Å². The van der Waals surface area contributed by atoms with E-state index in [1.807, 2.05) is 37.7 Å². The molecule has 1 atom stereocenters. The quantitative estimate of drug-likeness (QED) is 0.389. The molecule has 31 heavy (non-hydrogen) atoms. The van der Waals surface area contributed by atoms with Crippen molar-refractivity contribution in [2.24, 2.45) is 0 Å². The highest BCUT2D eigenvalue weighted by Crippen LogP contribution is 2.33. The van der Waals surface area contributed by atoms with Crippen molar-refractivity contribution in [3.05, 3.63) is 74.9 Å². The molecular weight excluding hydrogens is 415 g/mol. The lowest BCUT2D eigenvalue weighted by atomic mass is 10.00. The predicted octanol–water partition coefficient (Wildman–Crippen LogP) is 5.99. The SMILES string of the molecule is Cc1cc([C@@H](C)Nc2nc(C)nc3cc(F)c(C4=CCSCC4)cc23)cc([N+](=O)[O-])c1. The summed E-state index contributed by atoms with van der Waals surface area (Å²) < 4.78 is 14.9. The second kappa shape index (κ2) is 8.63. The first-order valence-electron chi connectivity index (χ1n) is 10.1. The second-order valence-electron chi connectivity index (χ2n) is 7.75. The van der Waals surface area contributed by atoms with Crippen molar-refractivity contribution in [1.82, 2.24) is 9.97 Å². The maximum atomic E-state index is 14.9. The molecule has 0 fully saturated rings. The Morgan fingerprint density at radius 2 is 2.00 bits per heavy atom. The van der Waals surface area contributed by atoms with Crippen LogP contribution in [0, 0.1) is 29.8 Å². The average Bonchev–Trinajstić information content (AvgIpc) is 2.73. The number of nitrogens with zero attached hydrogens (tertiary/aromatic N) is 3. The van der Waals surface area contributed by atoms with Crippen LogP contribution < -0.4 is 5.32 Å². The summed E-state index contributed by atoms with van der Waals surface area (Å²) in [7, 11) is 0. The third-order valence-electron chi connectivity index (χ3n) is 5.35. The number of rotatable bonds is 5. The Morgan fingerprint density at radius 3 is 2.71 bits per heavy atom. The maximum absolute atomic E-state index is 14.9. The standard InChI is InChI=1S/C23H23FN4O2S/c1-13-8-17(10-18(9-13)28(29)30)14(2)25-23-20-11-19(16-4-6-31-7-5-16)21(24)12-22(20)26-15(3)27-23/h4,8-12,14H,5-7H2,1-3H3,(H,25,26,27)/t14-/m1/s1. The van der Waals surface area contributed by atoms with Gasteiger partial charge in [0.05, 0.1) is 16.5 Å². The molecular formula is C23H23FN4O2S. The van der Waals surface area contributed by atoms with Gasteiger partial charge in [0.1, 0.15) is 17.5 Å². The molecule has 0 saturated heterocycles. The third kappa shape index (κ3) is 4.54. The van der Waals surface area contributed by atoms with E-state index in [0.29, 0.717) is 22.7 Å². The number of allylic oxidation sites excluding steroid dienone is 1. The van der Waals surface area contributed by atoms with E-state index < -0.39 is 4.92 Å². The average molecular weight is 439 g/mol. The molecule has 1 aliphatic heterocycles. The molecule has 2 aromatic carbocycles. The van der Waals surface area contributed by atoms with Crippen LogP contribution >= 0.6 is 11.8 Å². The monoisotopic (exact) mass is 438 g/mol. The van der Waals surface area contributed by atoms with Crippen molar-refractivity contribution in [1.29, 1.82) is 0 Å². The van der Waals surface area contributed by atoms with Crippen molar-refractivity contribution in [3.63, 3.8) is 0 Å². The number of non-ortho nitro benzene ring substituents is 1. The summed E-state index contributed by atoms with van der Waals surface area (Å²) in [4.78, 5) is 19.8. The number of nitro benzene ring substituents is 1. The molecule has 0 radical (unpaired) electrons. The largest absolute Gasteiger partial charge is 0.363 e. The molecule has 2 heterocycles. The number of hydrogen-bond donors (Lipinski definition) is 1. The number of nitro groups is 1. The van der Waals surface area contributed by atoms with E-state index in [-0.39, 0.29) is 17.5 Å². The molecule has 4 rings (SSSR count). The van der Waals surface area contributed by atoms with E-state index in [4.69, 9.17) is 0 Å². The van der Waals surface area contributed by atoms with Gasteiger partial charge in [-0.25, -0.2) is 14.4 Å². The highest BCUT2D eigenvalue weighted by Gasteiger charge is 2.18. The van der Waals surface area contributed by atoms with Crippen molar-refractivity contribution in [2.75, 3.05) is 16.8 Å². The molecule has 160 valence electrons. The van der Waals surface area contributed by atoms with Gasteiger partial charge in [-0.1, -0.05) is 12.1 Å². The molecule has 1 N–H and O–H groups in total. The summed E-state index contributed by atoms with van der Waals surface area (Å²) in [6.07, 6.45) is 2.90. The van der Waals surface area contributed by atoms with Gasteiger partial charge in [-0.05, 0) is 55.7 Å². The Bertz CT molecular complexity index is 1210. The summed E-state index contributed by atoms with van der Waals surface area (Å²) >= 11 is 1.83. The number of hydrogen-bond acceptors (Lipinski definition) is 6. The van der Waals surface area contributed by atoms with Gasteiger partial charge < -0.3 is 5.32 Å². The lowest BCUT2D eigenvalue weighted by molar-refractivity contribution is -0.385. The van der Waals surface area contributed by atoms with Crippen LogP contribution in [0.3, 0.4) is 0 Å². The smallest absolute Gasteiger partial charge is 0.270 e. The normalized spacial score (nSPS) is 14.9. The van der Waals surface area contributed by atoms with E-state index in [1.165, 1.54) is 6.07 Å². The molecule has 0 saturated carbocycles. The predicted molar refractivity (Wildman–Crippen MR) is 124 cm³/mol. The Hall–Kier alpha value is -3.00. The Balaban J connectivity index is 1.76. The van der Waals surface area contributed by atoms with E-state index in [0.717, 1.165) is 40.0 Å². The number of aromatic nitrogens is 2. The Kier molecular flexibility index (Phi) is 5.91. The highest BCUT2D eigenvalue weighted by atomic mass is 32.2. The third-order valence-corrected chi connectivity index (χ3v) is 6.25. The van der Waals surface area contributed by atoms with Crippen molar-refractivity contribution in [3.8, 4) is 0 Å². The minimum absolute atomic E-state index is 0.0545. The number of nitrogens with one attached hydrogen (secondary N) is 1. The summed E-state index contributed by atoms with van der Waals surface area (Å²) in [6, 6.07) is 8.07. The topological polar surface area (TPSA) is 81.0 Å². The van der Waals surface area contributed by atoms with E-state index >= 15 is 0 Å². The van der Waals surface area contributed by atoms with E-state index in [2.05, 4.69) is 21.4 Å². The fraction of sp³-hybridized carbons (Fsp3) is 0.304. The highest BCUT2D eigenvalue weighted by molar-refractivity contribution is 7.99. The first-order chi connectivity index (χ1) is 14.8. The summed E-state index contributed by atoms with van der Waals surface area (Å²) in [6.45, 7) is 5.52. The van der Waals surface area contributed by atoms with Gasteiger partial charge >= 0.3 is 0 Å². The Morgan fingerprint density at radius 1 is 1.19 bits per heavy atom. The zero-order chi connectivity index (χ0) is 22.1. The first kappa shape index (κ1) is 21.2. The van der Waals surface area contributed by atoms with Crippen LogP contribution in [-0.4, -0.2) is 26.4 Å². The van der Waals surface area contributed by atoms with Crippen LogP contribution in [0.5, 0.6) is 0 Å². The molecule has 3 aromatic rings. The molecule has 0 unspecified atom stereocenters. The Labute approximate surface area is 184 Å². The minimum Gasteiger partial charge on any atom is -0.363 e. The van der Waals surface area contributed by atoms with Gasteiger partial charge in [0, 0.05) is 34.9 Å². The second-order valence-corrected chi connectivity index (χ2v) is 8.90. The summed E-state index contributed by atoms with van der Waals surface area (Å²) in [5.41, 5.74) is 3.77. The number of thioether (sulfide) groups is 1. The number of fused-ring (bicyclic) bond motifs is 1. The lowest BCUT2D eigenvalue weighted by Gasteiger charge is -2.19. The molecule has 0 bridgehead atoms.